The monoisotopic (exact) mass is 334 g/mol. The molecule has 2 amide bonds. The maximum atomic E-state index is 12.4. The summed E-state index contributed by atoms with van der Waals surface area (Å²) in [5, 5.41) is 11.7. The molecule has 0 aromatic heterocycles. The van der Waals surface area contributed by atoms with Crippen LogP contribution in [-0.2, 0) is 14.3 Å². The lowest BCUT2D eigenvalue weighted by Crippen LogP contribution is -2.40. The molecule has 1 heterocycles. The second-order valence-corrected chi connectivity index (χ2v) is 6.40. The predicted molar refractivity (Wildman–Crippen MR) is 87.8 cm³/mol. The second kappa shape index (κ2) is 7.44. The lowest BCUT2D eigenvalue weighted by Gasteiger charge is -2.27. The Balaban J connectivity index is 2.03. The fourth-order valence-electron chi connectivity index (χ4n) is 2.36. The Bertz CT molecular complexity index is 636. The van der Waals surface area contributed by atoms with Gasteiger partial charge >= 0.3 is 5.97 Å². The maximum Gasteiger partial charge on any atom is 0.309 e. The van der Waals surface area contributed by atoms with E-state index in [1.807, 2.05) is 0 Å². The number of aliphatic carboxylic acids is 1. The number of morpholine rings is 1. The maximum absolute atomic E-state index is 12.4. The Morgan fingerprint density at radius 2 is 1.92 bits per heavy atom. The first-order chi connectivity index (χ1) is 11.3. The Morgan fingerprint density at radius 1 is 1.25 bits per heavy atom. The van der Waals surface area contributed by atoms with E-state index in [2.05, 4.69) is 5.32 Å². The van der Waals surface area contributed by atoms with Gasteiger partial charge in [-0.3, -0.25) is 14.4 Å². The summed E-state index contributed by atoms with van der Waals surface area (Å²) in [6.45, 7) is 5.11. The number of hydrogen-bond acceptors (Lipinski definition) is 4. The van der Waals surface area contributed by atoms with Crippen LogP contribution in [0.1, 0.15) is 30.6 Å². The van der Waals surface area contributed by atoms with Crippen molar-refractivity contribution in [3.63, 3.8) is 0 Å². The van der Waals surface area contributed by atoms with Gasteiger partial charge in [-0.25, -0.2) is 0 Å². The fourth-order valence-corrected chi connectivity index (χ4v) is 2.36. The number of carbonyl (C=O) groups is 3. The molecule has 0 bridgehead atoms. The van der Waals surface area contributed by atoms with Gasteiger partial charge in [0.25, 0.3) is 5.91 Å². The molecule has 0 spiro atoms. The van der Waals surface area contributed by atoms with E-state index in [9.17, 15) is 14.4 Å². The van der Waals surface area contributed by atoms with Gasteiger partial charge in [0.2, 0.25) is 5.91 Å². The summed E-state index contributed by atoms with van der Waals surface area (Å²) < 4.78 is 5.23. The number of ether oxygens (including phenoxy) is 1. The highest BCUT2D eigenvalue weighted by Crippen LogP contribution is 2.22. The number of hydrogen-bond donors (Lipinski definition) is 2. The average molecular weight is 334 g/mol. The van der Waals surface area contributed by atoms with Gasteiger partial charge in [-0.05, 0) is 32.0 Å². The van der Waals surface area contributed by atoms with E-state index in [1.54, 1.807) is 29.2 Å². The normalized spacial score (nSPS) is 15.0. The van der Waals surface area contributed by atoms with E-state index in [-0.39, 0.29) is 12.3 Å². The molecule has 0 radical (unpaired) electrons. The number of carboxylic acids is 1. The zero-order chi connectivity index (χ0) is 17.7. The van der Waals surface area contributed by atoms with Crippen molar-refractivity contribution in [3.8, 4) is 0 Å². The molecule has 1 aromatic rings. The van der Waals surface area contributed by atoms with Crippen molar-refractivity contribution in [3.05, 3.63) is 29.8 Å². The molecule has 0 atom stereocenters. The van der Waals surface area contributed by atoms with Gasteiger partial charge < -0.3 is 20.1 Å². The lowest BCUT2D eigenvalue weighted by molar-refractivity contribution is -0.148. The summed E-state index contributed by atoms with van der Waals surface area (Å²) >= 11 is 0. The molecule has 7 heteroatoms. The zero-order valence-corrected chi connectivity index (χ0v) is 13.9. The van der Waals surface area contributed by atoms with Gasteiger partial charge in [0.1, 0.15) is 0 Å². The van der Waals surface area contributed by atoms with E-state index in [4.69, 9.17) is 9.84 Å². The molecule has 1 fully saturated rings. The fraction of sp³-hybridized carbons (Fsp3) is 0.471. The third-order valence-electron chi connectivity index (χ3n) is 3.87. The van der Waals surface area contributed by atoms with Crippen LogP contribution in [0.2, 0.25) is 0 Å². The van der Waals surface area contributed by atoms with Gasteiger partial charge in [0.15, 0.2) is 0 Å². The number of carboxylic acid groups (broad SMARTS) is 1. The second-order valence-electron chi connectivity index (χ2n) is 6.40. The van der Waals surface area contributed by atoms with Crippen molar-refractivity contribution >= 4 is 23.5 Å². The van der Waals surface area contributed by atoms with Crippen LogP contribution in [0.4, 0.5) is 5.69 Å². The minimum Gasteiger partial charge on any atom is -0.481 e. The number of anilines is 1. The van der Waals surface area contributed by atoms with Crippen molar-refractivity contribution in [2.24, 2.45) is 5.41 Å². The standard InChI is InChI=1S/C17H22N2O5/c1-17(2,16(22)23)11-14(20)18-13-5-3-4-12(10-13)15(21)19-6-8-24-9-7-19/h3-5,10H,6-9,11H2,1-2H3,(H,18,20)(H,22,23). The smallest absolute Gasteiger partial charge is 0.309 e. The first kappa shape index (κ1) is 17.9. The molecule has 1 aliphatic rings. The van der Waals surface area contributed by atoms with E-state index in [0.29, 0.717) is 37.6 Å². The predicted octanol–water partition coefficient (Wildman–Crippen LogP) is 1.60. The van der Waals surface area contributed by atoms with Crippen LogP contribution in [0.25, 0.3) is 0 Å². The van der Waals surface area contributed by atoms with Gasteiger partial charge in [-0.1, -0.05) is 6.07 Å². The molecule has 0 unspecified atom stereocenters. The van der Waals surface area contributed by atoms with E-state index < -0.39 is 17.3 Å². The number of nitrogens with zero attached hydrogens (tertiary/aromatic N) is 1. The Kier molecular flexibility index (Phi) is 5.56. The molecule has 2 N–H and O–H groups in total. The molecule has 1 aliphatic heterocycles. The van der Waals surface area contributed by atoms with Crippen LogP contribution in [0, 0.1) is 5.41 Å². The van der Waals surface area contributed by atoms with Crippen molar-refractivity contribution < 1.29 is 24.2 Å². The molecule has 7 nitrogen and oxygen atoms in total. The molecular weight excluding hydrogens is 312 g/mol. The number of nitrogens with one attached hydrogen (secondary N) is 1. The van der Waals surface area contributed by atoms with Gasteiger partial charge in [0.05, 0.1) is 18.6 Å². The molecule has 0 aliphatic carbocycles. The minimum absolute atomic E-state index is 0.111. The molecule has 1 saturated heterocycles. The molecular formula is C17H22N2O5. The van der Waals surface area contributed by atoms with Gasteiger partial charge in [-0.2, -0.15) is 0 Å². The summed E-state index contributed by atoms with van der Waals surface area (Å²) in [6, 6.07) is 6.64. The van der Waals surface area contributed by atoms with Crippen LogP contribution >= 0.6 is 0 Å². The van der Waals surface area contributed by atoms with Gasteiger partial charge in [0, 0.05) is 30.8 Å². The Hall–Kier alpha value is -2.41. The first-order valence-electron chi connectivity index (χ1n) is 7.80. The third kappa shape index (κ3) is 4.55. The van der Waals surface area contributed by atoms with E-state index >= 15 is 0 Å². The first-order valence-corrected chi connectivity index (χ1v) is 7.80. The summed E-state index contributed by atoms with van der Waals surface area (Å²) in [6.07, 6.45) is -0.149. The van der Waals surface area contributed by atoms with Crippen molar-refractivity contribution in [1.29, 1.82) is 0 Å². The quantitative estimate of drug-likeness (QED) is 0.852. The molecule has 0 saturated carbocycles. The highest BCUT2D eigenvalue weighted by molar-refractivity contribution is 5.98. The van der Waals surface area contributed by atoms with Crippen LogP contribution in [0.3, 0.4) is 0 Å². The Labute approximate surface area is 140 Å². The van der Waals surface area contributed by atoms with Crippen LogP contribution in [0.15, 0.2) is 24.3 Å². The minimum atomic E-state index is -1.15. The number of rotatable bonds is 5. The third-order valence-corrected chi connectivity index (χ3v) is 3.87. The number of carbonyl (C=O) groups excluding carboxylic acids is 2. The highest BCUT2D eigenvalue weighted by atomic mass is 16.5. The molecule has 130 valence electrons. The van der Waals surface area contributed by atoms with Crippen LogP contribution in [0.5, 0.6) is 0 Å². The summed E-state index contributed by atoms with van der Waals surface area (Å²) in [4.78, 5) is 37.3. The van der Waals surface area contributed by atoms with E-state index in [1.165, 1.54) is 13.8 Å². The summed E-state index contributed by atoms with van der Waals surface area (Å²) in [5.74, 6) is -1.55. The molecule has 1 aromatic carbocycles. The van der Waals surface area contributed by atoms with Gasteiger partial charge in [-0.15, -0.1) is 0 Å². The largest absolute Gasteiger partial charge is 0.481 e. The zero-order valence-electron chi connectivity index (χ0n) is 13.9. The highest BCUT2D eigenvalue weighted by Gasteiger charge is 2.30. The van der Waals surface area contributed by atoms with Crippen LogP contribution in [-0.4, -0.2) is 54.1 Å². The SMILES string of the molecule is CC(C)(CC(=O)Nc1cccc(C(=O)N2CCOCC2)c1)C(=O)O. The average Bonchev–Trinajstić information content (AvgIpc) is 2.54. The van der Waals surface area contributed by atoms with Crippen LogP contribution < -0.4 is 5.32 Å². The lowest BCUT2D eigenvalue weighted by atomic mass is 9.89. The van der Waals surface area contributed by atoms with Crippen molar-refractivity contribution in [1.82, 2.24) is 4.90 Å². The summed E-state index contributed by atoms with van der Waals surface area (Å²) in [5.41, 5.74) is -0.196. The molecule has 24 heavy (non-hydrogen) atoms. The van der Waals surface area contributed by atoms with Crippen molar-refractivity contribution in [2.75, 3.05) is 31.6 Å². The van der Waals surface area contributed by atoms with Crippen molar-refractivity contribution in [2.45, 2.75) is 20.3 Å². The molecule has 2 rings (SSSR count). The summed E-state index contributed by atoms with van der Waals surface area (Å²) in [7, 11) is 0. The Morgan fingerprint density at radius 3 is 2.54 bits per heavy atom. The van der Waals surface area contributed by atoms with E-state index in [0.717, 1.165) is 0 Å². The number of amides is 2. The number of benzene rings is 1. The topological polar surface area (TPSA) is 95.9 Å².